The van der Waals surface area contributed by atoms with Crippen molar-refractivity contribution in [2.75, 3.05) is 13.1 Å². The van der Waals surface area contributed by atoms with E-state index in [-0.39, 0.29) is 23.8 Å². The highest BCUT2D eigenvalue weighted by Gasteiger charge is 2.33. The van der Waals surface area contributed by atoms with Gasteiger partial charge in [0.05, 0.1) is 12.7 Å². The van der Waals surface area contributed by atoms with Crippen LogP contribution in [0, 0.1) is 5.92 Å². The largest absolute Gasteiger partial charge is 0.375 e. The molecule has 1 saturated carbocycles. The lowest BCUT2D eigenvalue weighted by Gasteiger charge is -2.31. The summed E-state index contributed by atoms with van der Waals surface area (Å²) in [5, 5.41) is 6.35. The van der Waals surface area contributed by atoms with E-state index in [1.54, 1.807) is 0 Å². The number of aromatic nitrogens is 2. The molecule has 7 heteroatoms. The summed E-state index contributed by atoms with van der Waals surface area (Å²) in [7, 11) is 0. The molecule has 1 saturated heterocycles. The minimum Gasteiger partial charge on any atom is -0.375 e. The maximum atomic E-state index is 13.1. The molecule has 1 aromatic heterocycles. The van der Waals surface area contributed by atoms with E-state index in [9.17, 15) is 9.59 Å². The zero-order valence-electron chi connectivity index (χ0n) is 16.4. The van der Waals surface area contributed by atoms with Gasteiger partial charge in [-0.15, -0.1) is 0 Å². The fourth-order valence-corrected chi connectivity index (χ4v) is 3.46. The Bertz CT molecular complexity index is 710. The highest BCUT2D eigenvalue weighted by Crippen LogP contribution is 2.31. The fraction of sp³-hybridized carbons (Fsp3) is 0.600. The Morgan fingerprint density at radius 1 is 1.30 bits per heavy atom. The molecule has 0 radical (unpaired) electrons. The van der Waals surface area contributed by atoms with Crippen molar-refractivity contribution in [2.24, 2.45) is 5.92 Å². The van der Waals surface area contributed by atoms with Gasteiger partial charge < -0.3 is 15.5 Å². The summed E-state index contributed by atoms with van der Waals surface area (Å²) in [6.45, 7) is 7.44. The van der Waals surface area contributed by atoms with Crippen molar-refractivity contribution in [3.63, 3.8) is 0 Å². The maximum Gasteiger partial charge on any atom is 0.271 e. The summed E-state index contributed by atoms with van der Waals surface area (Å²) in [5.74, 6) is 0.0635. The molecule has 0 aromatic carbocycles. The molecule has 1 aliphatic carbocycles. The molecule has 2 heterocycles. The van der Waals surface area contributed by atoms with Gasteiger partial charge >= 0.3 is 0 Å². The van der Waals surface area contributed by atoms with E-state index in [0.717, 1.165) is 37.9 Å². The van der Waals surface area contributed by atoms with Crippen molar-refractivity contribution in [2.45, 2.75) is 58.5 Å². The van der Waals surface area contributed by atoms with Gasteiger partial charge in [0.15, 0.2) is 0 Å². The van der Waals surface area contributed by atoms with E-state index in [0.29, 0.717) is 18.3 Å². The van der Waals surface area contributed by atoms with E-state index in [2.05, 4.69) is 41.4 Å². The molecule has 2 N–H and O–H groups in total. The van der Waals surface area contributed by atoms with Crippen LogP contribution in [-0.4, -0.2) is 51.9 Å². The second-order valence-corrected chi connectivity index (χ2v) is 7.74. The van der Waals surface area contributed by atoms with Crippen molar-refractivity contribution in [3.8, 4) is 0 Å². The summed E-state index contributed by atoms with van der Waals surface area (Å²) in [5.41, 5.74) is 2.54. The highest BCUT2D eigenvalue weighted by atomic mass is 16.2. The molecule has 2 aliphatic rings. The van der Waals surface area contributed by atoms with Crippen molar-refractivity contribution < 1.29 is 9.59 Å². The van der Waals surface area contributed by atoms with Crippen LogP contribution in [0.4, 0.5) is 0 Å². The van der Waals surface area contributed by atoms with Gasteiger partial charge in [0.25, 0.3) is 5.91 Å². The van der Waals surface area contributed by atoms with Gasteiger partial charge in [-0.25, -0.2) is 4.98 Å². The van der Waals surface area contributed by atoms with Crippen molar-refractivity contribution in [1.29, 1.82) is 0 Å². The SMILES string of the molecule is CC(C)C(NC(CNC(=O)c1cnccn1)=C1CC1)C(=O)N1CCCC1C. The molecule has 0 spiro atoms. The van der Waals surface area contributed by atoms with Crippen LogP contribution in [0.5, 0.6) is 0 Å². The second-order valence-electron chi connectivity index (χ2n) is 7.74. The van der Waals surface area contributed by atoms with Gasteiger partial charge in [0.2, 0.25) is 5.91 Å². The van der Waals surface area contributed by atoms with Gasteiger partial charge in [-0.1, -0.05) is 13.8 Å². The summed E-state index contributed by atoms with van der Waals surface area (Å²) in [6, 6.07) is 0.0241. The maximum absolute atomic E-state index is 13.1. The van der Waals surface area contributed by atoms with Crippen LogP contribution in [0.15, 0.2) is 29.9 Å². The minimum atomic E-state index is -0.276. The number of rotatable bonds is 7. The predicted octanol–water partition coefficient (Wildman–Crippen LogP) is 1.88. The molecular weight excluding hydrogens is 342 g/mol. The first-order chi connectivity index (χ1) is 13.0. The number of nitrogens with one attached hydrogen (secondary N) is 2. The molecule has 2 amide bonds. The molecule has 2 unspecified atom stereocenters. The van der Waals surface area contributed by atoms with E-state index < -0.39 is 0 Å². The molecular formula is C20H29N5O2. The molecule has 1 aromatic rings. The van der Waals surface area contributed by atoms with Crippen molar-refractivity contribution in [1.82, 2.24) is 25.5 Å². The smallest absolute Gasteiger partial charge is 0.271 e. The number of likely N-dealkylation sites (tertiary alicyclic amines) is 1. The van der Waals surface area contributed by atoms with E-state index in [1.807, 2.05) is 4.90 Å². The third-order valence-electron chi connectivity index (χ3n) is 5.25. The molecule has 2 fully saturated rings. The van der Waals surface area contributed by atoms with E-state index >= 15 is 0 Å². The number of allylic oxidation sites excluding steroid dienone is 1. The zero-order valence-corrected chi connectivity index (χ0v) is 16.4. The number of amides is 2. The van der Waals surface area contributed by atoms with Crippen LogP contribution >= 0.6 is 0 Å². The monoisotopic (exact) mass is 371 g/mol. The first kappa shape index (κ1) is 19.3. The Morgan fingerprint density at radius 3 is 2.63 bits per heavy atom. The van der Waals surface area contributed by atoms with Crippen LogP contribution < -0.4 is 10.6 Å². The van der Waals surface area contributed by atoms with Crippen LogP contribution in [0.2, 0.25) is 0 Å². The molecule has 1 aliphatic heterocycles. The lowest BCUT2D eigenvalue weighted by atomic mass is 10.0. The standard InChI is InChI=1S/C20H29N5O2/c1-13(2)18(20(27)25-10-4-5-14(25)3)24-16(15-6-7-15)12-23-19(26)17-11-21-8-9-22-17/h8-9,11,13-14,18,24H,4-7,10,12H2,1-3H3,(H,23,26). The number of nitrogens with zero attached hydrogens (tertiary/aromatic N) is 3. The summed E-state index contributed by atoms with van der Waals surface area (Å²) < 4.78 is 0. The molecule has 2 atom stereocenters. The lowest BCUT2D eigenvalue weighted by Crippen LogP contribution is -2.51. The summed E-state index contributed by atoms with van der Waals surface area (Å²) in [4.78, 5) is 35.3. The number of hydrogen-bond acceptors (Lipinski definition) is 5. The topological polar surface area (TPSA) is 87.2 Å². The van der Waals surface area contributed by atoms with Gasteiger partial charge in [-0.2, -0.15) is 0 Å². The van der Waals surface area contributed by atoms with Crippen LogP contribution in [-0.2, 0) is 4.79 Å². The normalized spacial score (nSPS) is 19.8. The average Bonchev–Trinajstić information content (AvgIpc) is 3.42. The quantitative estimate of drug-likeness (QED) is 0.764. The van der Waals surface area contributed by atoms with E-state index in [4.69, 9.17) is 0 Å². The van der Waals surface area contributed by atoms with Crippen LogP contribution in [0.25, 0.3) is 0 Å². The number of carbonyl (C=O) groups excluding carboxylic acids is 2. The molecule has 0 bridgehead atoms. The first-order valence-corrected chi connectivity index (χ1v) is 9.79. The summed E-state index contributed by atoms with van der Waals surface area (Å²) in [6.07, 6.45) is 8.65. The summed E-state index contributed by atoms with van der Waals surface area (Å²) >= 11 is 0. The van der Waals surface area contributed by atoms with Crippen molar-refractivity contribution in [3.05, 3.63) is 35.6 Å². The third-order valence-corrected chi connectivity index (χ3v) is 5.25. The third kappa shape index (κ3) is 4.84. The first-order valence-electron chi connectivity index (χ1n) is 9.79. The second kappa shape index (κ2) is 8.50. The van der Waals surface area contributed by atoms with Gasteiger partial charge in [-0.05, 0) is 44.1 Å². The van der Waals surface area contributed by atoms with Crippen LogP contribution in [0.3, 0.4) is 0 Å². The Kier molecular flexibility index (Phi) is 6.08. The van der Waals surface area contributed by atoms with Crippen molar-refractivity contribution >= 4 is 11.8 Å². The molecule has 3 rings (SSSR count). The van der Waals surface area contributed by atoms with Crippen LogP contribution in [0.1, 0.15) is 56.9 Å². The zero-order chi connectivity index (χ0) is 19.4. The number of hydrogen-bond donors (Lipinski definition) is 2. The Hall–Kier alpha value is -2.44. The Labute approximate surface area is 160 Å². The highest BCUT2D eigenvalue weighted by molar-refractivity contribution is 5.92. The molecule has 27 heavy (non-hydrogen) atoms. The van der Waals surface area contributed by atoms with E-state index in [1.165, 1.54) is 24.2 Å². The van der Waals surface area contributed by atoms with Gasteiger partial charge in [0, 0.05) is 30.7 Å². The minimum absolute atomic E-state index is 0.161. The predicted molar refractivity (Wildman–Crippen MR) is 103 cm³/mol. The van der Waals surface area contributed by atoms with Gasteiger partial charge in [-0.3, -0.25) is 14.6 Å². The molecule has 7 nitrogen and oxygen atoms in total. The molecule has 146 valence electrons. The van der Waals surface area contributed by atoms with Gasteiger partial charge in [0.1, 0.15) is 11.7 Å². The lowest BCUT2D eigenvalue weighted by molar-refractivity contribution is -0.134. The average molecular weight is 371 g/mol. The number of carbonyl (C=O) groups is 2. The Morgan fingerprint density at radius 2 is 2.07 bits per heavy atom. The Balaban J connectivity index is 1.65. The fourth-order valence-electron chi connectivity index (χ4n) is 3.46.